The number of likely N-dealkylation sites (tertiary alicyclic amines) is 1. The summed E-state index contributed by atoms with van der Waals surface area (Å²) < 4.78 is 0. The van der Waals surface area contributed by atoms with E-state index in [1.165, 1.54) is 0 Å². The molecule has 2 saturated heterocycles. The van der Waals surface area contributed by atoms with Crippen molar-refractivity contribution in [1.29, 1.82) is 0 Å². The summed E-state index contributed by atoms with van der Waals surface area (Å²) in [5.74, 6) is 0.172. The first-order chi connectivity index (χ1) is 11.8. The predicted molar refractivity (Wildman–Crippen MR) is 91.2 cm³/mol. The zero-order valence-electron chi connectivity index (χ0n) is 14.1. The number of carbonyl (C=O) groups excluding carboxylic acids is 2. The summed E-state index contributed by atoms with van der Waals surface area (Å²) in [6.07, 6.45) is 8.29. The molecule has 6 nitrogen and oxygen atoms in total. The lowest BCUT2D eigenvalue weighted by atomic mass is 10.0. The highest BCUT2D eigenvalue weighted by Crippen LogP contribution is 2.22. The lowest BCUT2D eigenvalue weighted by Gasteiger charge is -2.38. The van der Waals surface area contributed by atoms with Crippen molar-refractivity contribution in [3.63, 3.8) is 0 Å². The van der Waals surface area contributed by atoms with Crippen LogP contribution in [0.4, 0.5) is 0 Å². The van der Waals surface area contributed by atoms with E-state index in [1.54, 1.807) is 17.3 Å². The Morgan fingerprint density at radius 1 is 1.17 bits per heavy atom. The second-order valence-electron chi connectivity index (χ2n) is 6.57. The van der Waals surface area contributed by atoms with Crippen molar-refractivity contribution in [2.24, 2.45) is 0 Å². The molecule has 2 fully saturated rings. The maximum Gasteiger partial charge on any atom is 0.242 e. The van der Waals surface area contributed by atoms with Crippen LogP contribution in [-0.2, 0) is 9.59 Å². The van der Waals surface area contributed by atoms with Gasteiger partial charge in [0.05, 0.1) is 12.6 Å². The molecule has 0 bridgehead atoms. The van der Waals surface area contributed by atoms with Crippen molar-refractivity contribution in [3.05, 3.63) is 30.1 Å². The van der Waals surface area contributed by atoms with Crippen LogP contribution in [0.1, 0.15) is 43.7 Å². The first-order valence-electron chi connectivity index (χ1n) is 8.93. The van der Waals surface area contributed by atoms with Gasteiger partial charge in [0, 0.05) is 45.0 Å². The molecular weight excluding hydrogens is 304 g/mol. The molecule has 2 aliphatic rings. The summed E-state index contributed by atoms with van der Waals surface area (Å²) in [4.78, 5) is 32.9. The minimum atomic E-state index is 0.0131. The molecule has 3 rings (SSSR count). The molecule has 0 aliphatic carbocycles. The zero-order valence-corrected chi connectivity index (χ0v) is 14.1. The molecule has 3 heterocycles. The molecule has 1 unspecified atom stereocenters. The topological polar surface area (TPSA) is 65.5 Å². The quantitative estimate of drug-likeness (QED) is 0.908. The molecule has 0 spiro atoms. The van der Waals surface area contributed by atoms with Crippen LogP contribution in [0.15, 0.2) is 24.5 Å². The third-order valence-electron chi connectivity index (χ3n) is 4.90. The molecular formula is C18H26N4O2. The molecule has 1 atom stereocenters. The monoisotopic (exact) mass is 330 g/mol. The first kappa shape index (κ1) is 16.9. The molecule has 130 valence electrons. The largest absolute Gasteiger partial charge is 0.333 e. The molecule has 1 aromatic rings. The Kier molecular flexibility index (Phi) is 5.80. The molecule has 2 amide bonds. The predicted octanol–water partition coefficient (Wildman–Crippen LogP) is 1.35. The lowest BCUT2D eigenvalue weighted by molar-refractivity contribution is -0.143. The first-order valence-corrected chi connectivity index (χ1v) is 8.93. The van der Waals surface area contributed by atoms with Gasteiger partial charge in [-0.05, 0) is 30.5 Å². The van der Waals surface area contributed by atoms with E-state index in [0.29, 0.717) is 19.5 Å². The molecule has 2 aliphatic heterocycles. The van der Waals surface area contributed by atoms with Gasteiger partial charge in [-0.3, -0.25) is 14.6 Å². The van der Waals surface area contributed by atoms with Crippen molar-refractivity contribution >= 4 is 11.8 Å². The third kappa shape index (κ3) is 4.12. The van der Waals surface area contributed by atoms with Crippen LogP contribution in [0.25, 0.3) is 0 Å². The zero-order chi connectivity index (χ0) is 16.8. The fourth-order valence-corrected chi connectivity index (χ4v) is 3.52. The summed E-state index contributed by atoms with van der Waals surface area (Å²) in [6.45, 7) is 3.12. The second kappa shape index (κ2) is 8.24. The smallest absolute Gasteiger partial charge is 0.242 e. The maximum atomic E-state index is 12.9. The highest BCUT2D eigenvalue weighted by atomic mass is 16.2. The van der Waals surface area contributed by atoms with Gasteiger partial charge in [0.2, 0.25) is 11.8 Å². The fraction of sp³-hybridized carbons (Fsp3) is 0.611. The number of nitrogens with zero attached hydrogens (tertiary/aromatic N) is 3. The van der Waals surface area contributed by atoms with E-state index in [0.717, 1.165) is 44.3 Å². The van der Waals surface area contributed by atoms with Crippen LogP contribution in [0, 0.1) is 0 Å². The molecule has 0 radical (unpaired) electrons. The Balaban J connectivity index is 1.68. The van der Waals surface area contributed by atoms with Crippen LogP contribution in [0.5, 0.6) is 0 Å². The highest BCUT2D eigenvalue weighted by molar-refractivity contribution is 5.85. The van der Waals surface area contributed by atoms with Gasteiger partial charge in [-0.2, -0.15) is 0 Å². The number of carbonyl (C=O) groups is 2. The Bertz CT molecular complexity index is 563. The van der Waals surface area contributed by atoms with E-state index in [1.807, 2.05) is 17.0 Å². The van der Waals surface area contributed by atoms with Crippen LogP contribution >= 0.6 is 0 Å². The second-order valence-corrected chi connectivity index (χ2v) is 6.57. The standard InChI is InChI=1S/C18H26N4O2/c23-17-5-3-1-2-4-11-21(17)14-18(24)22-12-10-20-13-16(22)15-6-8-19-9-7-15/h6-9,16,20H,1-5,10-14H2. The summed E-state index contributed by atoms with van der Waals surface area (Å²) in [7, 11) is 0. The van der Waals surface area contributed by atoms with Crippen molar-refractivity contribution < 1.29 is 9.59 Å². The minimum Gasteiger partial charge on any atom is -0.333 e. The van der Waals surface area contributed by atoms with E-state index in [4.69, 9.17) is 0 Å². The number of hydrogen-bond acceptors (Lipinski definition) is 4. The van der Waals surface area contributed by atoms with Gasteiger partial charge >= 0.3 is 0 Å². The van der Waals surface area contributed by atoms with Gasteiger partial charge in [-0.25, -0.2) is 0 Å². The van der Waals surface area contributed by atoms with Crippen molar-refractivity contribution in [2.75, 3.05) is 32.7 Å². The van der Waals surface area contributed by atoms with Crippen LogP contribution in [0.2, 0.25) is 0 Å². The normalized spacial score (nSPS) is 22.8. The van der Waals surface area contributed by atoms with Gasteiger partial charge in [0.15, 0.2) is 0 Å². The number of piperazine rings is 1. The Morgan fingerprint density at radius 3 is 2.79 bits per heavy atom. The lowest BCUT2D eigenvalue weighted by Crippen LogP contribution is -2.52. The van der Waals surface area contributed by atoms with E-state index in [9.17, 15) is 9.59 Å². The number of hydrogen-bond donors (Lipinski definition) is 1. The van der Waals surface area contributed by atoms with Gasteiger partial charge < -0.3 is 15.1 Å². The van der Waals surface area contributed by atoms with Gasteiger partial charge in [0.25, 0.3) is 0 Å². The molecule has 0 aromatic carbocycles. The summed E-state index contributed by atoms with van der Waals surface area (Å²) in [5.41, 5.74) is 1.09. The van der Waals surface area contributed by atoms with Crippen LogP contribution < -0.4 is 5.32 Å². The Morgan fingerprint density at radius 2 is 1.96 bits per heavy atom. The molecule has 1 N–H and O–H groups in total. The van der Waals surface area contributed by atoms with Crippen molar-refractivity contribution in [2.45, 2.75) is 38.1 Å². The average Bonchev–Trinajstić information content (AvgIpc) is 2.62. The number of nitrogens with one attached hydrogen (secondary N) is 1. The van der Waals surface area contributed by atoms with Crippen LogP contribution in [0.3, 0.4) is 0 Å². The highest BCUT2D eigenvalue weighted by Gasteiger charge is 2.29. The third-order valence-corrected chi connectivity index (χ3v) is 4.90. The van der Waals surface area contributed by atoms with Crippen LogP contribution in [-0.4, -0.2) is 59.3 Å². The Labute approximate surface area is 143 Å². The van der Waals surface area contributed by atoms with E-state index < -0.39 is 0 Å². The summed E-state index contributed by atoms with van der Waals surface area (Å²) >= 11 is 0. The molecule has 1 aromatic heterocycles. The van der Waals surface area contributed by atoms with Gasteiger partial charge in [-0.1, -0.05) is 12.8 Å². The Hall–Kier alpha value is -1.95. The number of aromatic nitrogens is 1. The SMILES string of the molecule is O=C1CCCCCCN1CC(=O)N1CCNCC1c1ccncc1. The molecule has 6 heteroatoms. The van der Waals surface area contributed by atoms with E-state index >= 15 is 0 Å². The minimum absolute atomic E-state index is 0.0131. The maximum absolute atomic E-state index is 12.9. The fourth-order valence-electron chi connectivity index (χ4n) is 3.52. The number of amides is 2. The van der Waals surface area contributed by atoms with Gasteiger partial charge in [0.1, 0.15) is 0 Å². The van der Waals surface area contributed by atoms with Crippen molar-refractivity contribution in [1.82, 2.24) is 20.1 Å². The summed E-state index contributed by atoms with van der Waals surface area (Å²) in [6, 6.07) is 3.93. The molecule has 0 saturated carbocycles. The van der Waals surface area contributed by atoms with E-state index in [-0.39, 0.29) is 24.4 Å². The number of pyridine rings is 1. The molecule has 24 heavy (non-hydrogen) atoms. The van der Waals surface area contributed by atoms with Crippen molar-refractivity contribution in [3.8, 4) is 0 Å². The van der Waals surface area contributed by atoms with E-state index in [2.05, 4.69) is 10.3 Å². The van der Waals surface area contributed by atoms with Gasteiger partial charge in [-0.15, -0.1) is 0 Å². The number of rotatable bonds is 3. The summed E-state index contributed by atoms with van der Waals surface area (Å²) in [5, 5.41) is 3.35. The average molecular weight is 330 g/mol.